The van der Waals surface area contributed by atoms with Crippen molar-refractivity contribution in [1.29, 1.82) is 0 Å². The van der Waals surface area contributed by atoms with Gasteiger partial charge in [0.05, 0.1) is 16.8 Å². The normalized spacial score (nSPS) is 24.6. The molecule has 2 aliphatic rings. The minimum atomic E-state index is -0.698. The first-order chi connectivity index (χ1) is 13.3. The van der Waals surface area contributed by atoms with Crippen LogP contribution in [-0.4, -0.2) is 45.4 Å². The Morgan fingerprint density at radius 1 is 1.32 bits per heavy atom. The first kappa shape index (κ1) is 20.2. The minimum absolute atomic E-state index is 0.0344. The Morgan fingerprint density at radius 2 is 2.07 bits per heavy atom. The number of hydrogen-bond donors (Lipinski definition) is 3. The number of primary amides is 1. The average Bonchev–Trinajstić information content (AvgIpc) is 3.14. The molecule has 0 radical (unpaired) electrons. The summed E-state index contributed by atoms with van der Waals surface area (Å²) in [5.74, 6) is -1.03. The Balaban J connectivity index is 1.72. The zero-order valence-corrected chi connectivity index (χ0v) is 16.8. The van der Waals surface area contributed by atoms with E-state index in [9.17, 15) is 14.4 Å². The first-order valence-corrected chi connectivity index (χ1v) is 10.1. The van der Waals surface area contributed by atoms with Crippen LogP contribution in [0.25, 0.3) is 0 Å². The standard InChI is InChI=1S/C19H25N5O3S/c1-10-3-4-13(14-5-6-15(28-14)17(21)25)24(9-10)19(27)18(26)23-12-7-11(2)16(20)22-8-12/h6-8,10,13-14H,3-5,9H2,1-2H3,(H2,20,22)(H2,21,25)(H,23,26)/t10-,13+,14?/m1/s1. The van der Waals surface area contributed by atoms with Crippen molar-refractivity contribution in [3.05, 3.63) is 28.8 Å². The molecule has 5 N–H and O–H groups in total. The van der Waals surface area contributed by atoms with E-state index in [4.69, 9.17) is 11.5 Å². The highest BCUT2D eigenvalue weighted by molar-refractivity contribution is 8.04. The Bertz CT molecular complexity index is 841. The van der Waals surface area contributed by atoms with E-state index in [1.54, 1.807) is 17.9 Å². The molecule has 1 unspecified atom stereocenters. The predicted molar refractivity (Wildman–Crippen MR) is 109 cm³/mol. The summed E-state index contributed by atoms with van der Waals surface area (Å²) in [7, 11) is 0. The second-order valence-corrected chi connectivity index (χ2v) is 8.69. The molecule has 0 aromatic carbocycles. The summed E-state index contributed by atoms with van der Waals surface area (Å²) >= 11 is 1.40. The number of allylic oxidation sites excluding steroid dienone is 1. The number of piperidine rings is 1. The molecule has 0 aliphatic carbocycles. The van der Waals surface area contributed by atoms with Gasteiger partial charge in [0.15, 0.2) is 0 Å². The van der Waals surface area contributed by atoms with E-state index in [1.807, 2.05) is 6.08 Å². The molecule has 1 aromatic rings. The van der Waals surface area contributed by atoms with Gasteiger partial charge >= 0.3 is 11.8 Å². The van der Waals surface area contributed by atoms with Crippen molar-refractivity contribution >= 4 is 41.0 Å². The topological polar surface area (TPSA) is 131 Å². The number of carbonyl (C=O) groups is 3. The van der Waals surface area contributed by atoms with Crippen LogP contribution in [0.3, 0.4) is 0 Å². The van der Waals surface area contributed by atoms with E-state index in [0.717, 1.165) is 18.4 Å². The number of nitrogens with one attached hydrogen (secondary N) is 1. The number of thioether (sulfide) groups is 1. The Kier molecular flexibility index (Phi) is 5.93. The number of hydrogen-bond acceptors (Lipinski definition) is 6. The quantitative estimate of drug-likeness (QED) is 0.654. The van der Waals surface area contributed by atoms with Crippen LogP contribution in [0, 0.1) is 12.8 Å². The number of anilines is 2. The van der Waals surface area contributed by atoms with Crippen LogP contribution in [0.15, 0.2) is 23.2 Å². The van der Waals surface area contributed by atoms with Gasteiger partial charge in [-0.15, -0.1) is 11.8 Å². The number of carbonyl (C=O) groups excluding carboxylic acids is 3. The Morgan fingerprint density at radius 3 is 2.71 bits per heavy atom. The van der Waals surface area contributed by atoms with Gasteiger partial charge in [-0.25, -0.2) is 4.98 Å². The highest BCUT2D eigenvalue weighted by atomic mass is 32.2. The molecule has 8 nitrogen and oxygen atoms in total. The number of rotatable bonds is 3. The molecule has 3 rings (SSSR count). The number of pyridine rings is 1. The molecule has 2 aliphatic heterocycles. The lowest BCUT2D eigenvalue weighted by Gasteiger charge is -2.41. The molecule has 3 atom stereocenters. The summed E-state index contributed by atoms with van der Waals surface area (Å²) in [5.41, 5.74) is 12.2. The van der Waals surface area contributed by atoms with E-state index >= 15 is 0 Å². The maximum atomic E-state index is 12.9. The predicted octanol–water partition coefficient (Wildman–Crippen LogP) is 1.41. The molecule has 0 spiro atoms. The lowest BCUT2D eigenvalue weighted by Crippen LogP contribution is -2.53. The van der Waals surface area contributed by atoms with Crippen LogP contribution in [0.2, 0.25) is 0 Å². The lowest BCUT2D eigenvalue weighted by molar-refractivity contribution is -0.146. The van der Waals surface area contributed by atoms with Gasteiger partial charge in [0.1, 0.15) is 5.82 Å². The van der Waals surface area contributed by atoms with Gasteiger partial charge in [0.2, 0.25) is 0 Å². The molecule has 0 saturated carbocycles. The van der Waals surface area contributed by atoms with Gasteiger partial charge in [0, 0.05) is 17.8 Å². The minimum Gasteiger partial charge on any atom is -0.383 e. The number of aromatic nitrogens is 1. The number of aryl methyl sites for hydroxylation is 1. The van der Waals surface area contributed by atoms with Crippen molar-refractivity contribution in [2.45, 2.75) is 44.4 Å². The van der Waals surface area contributed by atoms with E-state index in [-0.39, 0.29) is 11.3 Å². The average molecular weight is 404 g/mol. The molecular formula is C19H25N5O3S. The summed E-state index contributed by atoms with van der Waals surface area (Å²) in [6.45, 7) is 4.36. The van der Waals surface area contributed by atoms with E-state index in [1.165, 1.54) is 18.0 Å². The van der Waals surface area contributed by atoms with Crippen LogP contribution < -0.4 is 16.8 Å². The second-order valence-electron chi connectivity index (χ2n) is 7.41. The molecule has 1 aromatic heterocycles. The summed E-state index contributed by atoms with van der Waals surface area (Å²) in [5, 5.41) is 2.65. The number of nitrogens with zero attached hydrogens (tertiary/aromatic N) is 2. The summed E-state index contributed by atoms with van der Waals surface area (Å²) in [6, 6.07) is 1.57. The zero-order chi connectivity index (χ0) is 20.4. The van der Waals surface area contributed by atoms with E-state index in [2.05, 4.69) is 17.2 Å². The largest absolute Gasteiger partial charge is 0.383 e. The maximum absolute atomic E-state index is 12.9. The van der Waals surface area contributed by atoms with Gasteiger partial charge in [-0.05, 0) is 43.7 Å². The van der Waals surface area contributed by atoms with Crippen LogP contribution in [-0.2, 0) is 14.4 Å². The molecule has 3 amide bonds. The third-order valence-corrected chi connectivity index (χ3v) is 6.61. The molecular weight excluding hydrogens is 378 g/mol. The van der Waals surface area contributed by atoms with Crippen molar-refractivity contribution in [3.8, 4) is 0 Å². The third-order valence-electron chi connectivity index (χ3n) is 5.18. The molecule has 3 heterocycles. The van der Waals surface area contributed by atoms with Crippen LogP contribution in [0.1, 0.15) is 31.7 Å². The van der Waals surface area contributed by atoms with Gasteiger partial charge in [-0.2, -0.15) is 0 Å². The fourth-order valence-corrected chi connectivity index (χ4v) is 4.91. The summed E-state index contributed by atoms with van der Waals surface area (Å²) in [4.78, 5) is 43.1. The summed E-state index contributed by atoms with van der Waals surface area (Å²) < 4.78 is 0. The fraction of sp³-hybridized carbons (Fsp3) is 0.474. The fourth-order valence-electron chi connectivity index (χ4n) is 3.64. The maximum Gasteiger partial charge on any atom is 0.313 e. The molecule has 150 valence electrons. The molecule has 1 fully saturated rings. The zero-order valence-electron chi connectivity index (χ0n) is 16.0. The highest BCUT2D eigenvalue weighted by Crippen LogP contribution is 2.39. The Labute approximate surface area is 168 Å². The number of amides is 3. The van der Waals surface area contributed by atoms with Crippen molar-refractivity contribution < 1.29 is 14.4 Å². The van der Waals surface area contributed by atoms with E-state index < -0.39 is 17.7 Å². The summed E-state index contributed by atoms with van der Waals surface area (Å²) in [6.07, 6.45) is 5.68. The van der Waals surface area contributed by atoms with Crippen molar-refractivity contribution in [1.82, 2.24) is 9.88 Å². The molecule has 28 heavy (non-hydrogen) atoms. The van der Waals surface area contributed by atoms with E-state index in [0.29, 0.717) is 35.3 Å². The van der Waals surface area contributed by atoms with Gasteiger partial charge in [-0.3, -0.25) is 14.4 Å². The smallest absolute Gasteiger partial charge is 0.313 e. The highest BCUT2D eigenvalue weighted by Gasteiger charge is 2.39. The van der Waals surface area contributed by atoms with Crippen LogP contribution in [0.4, 0.5) is 11.5 Å². The van der Waals surface area contributed by atoms with Gasteiger partial charge < -0.3 is 21.7 Å². The molecule has 0 bridgehead atoms. The molecule has 9 heteroatoms. The molecule has 1 saturated heterocycles. The van der Waals surface area contributed by atoms with Crippen molar-refractivity contribution in [2.75, 3.05) is 17.6 Å². The lowest BCUT2D eigenvalue weighted by atomic mass is 9.91. The second kappa shape index (κ2) is 8.22. The number of likely N-dealkylation sites (tertiary alicyclic amines) is 1. The SMILES string of the molecule is Cc1cc(NC(=O)C(=O)N2C[C@H](C)CC[C@H]2C2CC=C(C(N)=O)S2)cnc1N. The van der Waals surface area contributed by atoms with Gasteiger partial charge in [-0.1, -0.05) is 13.0 Å². The number of nitrogen functional groups attached to an aromatic ring is 1. The Hall–Kier alpha value is -2.55. The van der Waals surface area contributed by atoms with Crippen molar-refractivity contribution in [3.63, 3.8) is 0 Å². The van der Waals surface area contributed by atoms with Gasteiger partial charge in [0.25, 0.3) is 5.91 Å². The number of nitrogens with two attached hydrogens (primary N) is 2. The van der Waals surface area contributed by atoms with Crippen LogP contribution in [0.5, 0.6) is 0 Å². The third kappa shape index (κ3) is 4.30. The first-order valence-electron chi connectivity index (χ1n) is 9.27. The monoisotopic (exact) mass is 403 g/mol. The van der Waals surface area contributed by atoms with Crippen molar-refractivity contribution in [2.24, 2.45) is 11.7 Å². The van der Waals surface area contributed by atoms with Crippen LogP contribution >= 0.6 is 11.8 Å².